The SMILES string of the molecule is C=CC[C@@H](O)C[C@H](C)C[C@H](OCc1ccc(OC)cc1)C(C)(C)C. The normalized spacial score (nSPS) is 15.6. The molecule has 0 aromatic heterocycles. The molecule has 0 aliphatic carbocycles. The van der Waals surface area contributed by atoms with Gasteiger partial charge in [-0.3, -0.25) is 0 Å². The second-order valence-corrected chi connectivity index (χ2v) is 7.77. The molecule has 3 heteroatoms. The second-order valence-electron chi connectivity index (χ2n) is 7.77. The molecule has 3 nitrogen and oxygen atoms in total. The third-order valence-corrected chi connectivity index (χ3v) is 4.31. The first-order valence-electron chi connectivity index (χ1n) is 8.79. The maximum atomic E-state index is 9.97. The van der Waals surface area contributed by atoms with Crippen molar-refractivity contribution in [2.75, 3.05) is 7.11 Å². The molecule has 3 atom stereocenters. The van der Waals surface area contributed by atoms with Gasteiger partial charge in [-0.1, -0.05) is 45.9 Å². The van der Waals surface area contributed by atoms with Gasteiger partial charge in [0.05, 0.1) is 25.9 Å². The molecule has 0 fully saturated rings. The summed E-state index contributed by atoms with van der Waals surface area (Å²) in [7, 11) is 1.67. The van der Waals surface area contributed by atoms with E-state index < -0.39 is 0 Å². The Morgan fingerprint density at radius 2 is 1.79 bits per heavy atom. The molecule has 1 aromatic rings. The van der Waals surface area contributed by atoms with Gasteiger partial charge in [-0.2, -0.15) is 0 Å². The molecule has 0 heterocycles. The largest absolute Gasteiger partial charge is 0.497 e. The van der Waals surface area contributed by atoms with Crippen LogP contribution in [-0.4, -0.2) is 24.4 Å². The third-order valence-electron chi connectivity index (χ3n) is 4.31. The fraction of sp³-hybridized carbons (Fsp3) is 0.619. The van der Waals surface area contributed by atoms with Gasteiger partial charge in [0.2, 0.25) is 0 Å². The Morgan fingerprint density at radius 1 is 1.17 bits per heavy atom. The monoisotopic (exact) mass is 334 g/mol. The number of benzene rings is 1. The topological polar surface area (TPSA) is 38.7 Å². The summed E-state index contributed by atoms with van der Waals surface area (Å²) in [5, 5.41) is 9.97. The molecule has 0 aliphatic rings. The maximum Gasteiger partial charge on any atom is 0.118 e. The Balaban J connectivity index is 2.60. The van der Waals surface area contributed by atoms with E-state index in [-0.39, 0.29) is 17.6 Å². The Labute approximate surface area is 147 Å². The summed E-state index contributed by atoms with van der Waals surface area (Å²) < 4.78 is 11.4. The molecule has 0 amide bonds. The number of hydrogen-bond acceptors (Lipinski definition) is 3. The summed E-state index contributed by atoms with van der Waals surface area (Å²) in [5.74, 6) is 1.26. The summed E-state index contributed by atoms with van der Waals surface area (Å²) in [6.07, 6.45) is 3.99. The Hall–Kier alpha value is -1.32. The van der Waals surface area contributed by atoms with Crippen molar-refractivity contribution in [2.45, 2.75) is 65.8 Å². The zero-order valence-electron chi connectivity index (χ0n) is 15.9. The van der Waals surface area contributed by atoms with Gasteiger partial charge in [-0.15, -0.1) is 6.58 Å². The number of methoxy groups -OCH3 is 1. The molecule has 24 heavy (non-hydrogen) atoms. The highest BCUT2D eigenvalue weighted by Gasteiger charge is 2.27. The van der Waals surface area contributed by atoms with Crippen molar-refractivity contribution in [3.8, 4) is 5.75 Å². The van der Waals surface area contributed by atoms with E-state index in [2.05, 4.69) is 34.3 Å². The van der Waals surface area contributed by atoms with Crippen molar-refractivity contribution in [2.24, 2.45) is 11.3 Å². The lowest BCUT2D eigenvalue weighted by atomic mass is 9.82. The van der Waals surface area contributed by atoms with Gasteiger partial charge >= 0.3 is 0 Å². The van der Waals surface area contributed by atoms with Crippen LogP contribution in [0, 0.1) is 11.3 Å². The average molecular weight is 335 g/mol. The summed E-state index contributed by atoms with van der Waals surface area (Å²) in [5.41, 5.74) is 1.20. The van der Waals surface area contributed by atoms with E-state index in [4.69, 9.17) is 9.47 Å². The molecule has 0 saturated heterocycles. The average Bonchev–Trinajstić information content (AvgIpc) is 2.51. The van der Waals surface area contributed by atoms with Crippen LogP contribution in [0.5, 0.6) is 5.75 Å². The van der Waals surface area contributed by atoms with E-state index in [1.165, 1.54) is 0 Å². The Bertz CT molecular complexity index is 473. The van der Waals surface area contributed by atoms with Crippen LogP contribution in [0.3, 0.4) is 0 Å². The highest BCUT2D eigenvalue weighted by atomic mass is 16.5. The second kappa shape index (κ2) is 9.85. The van der Waals surface area contributed by atoms with Crippen LogP contribution in [-0.2, 0) is 11.3 Å². The fourth-order valence-corrected chi connectivity index (χ4v) is 2.80. The van der Waals surface area contributed by atoms with Gasteiger partial charge in [0.1, 0.15) is 5.75 Å². The van der Waals surface area contributed by atoms with Crippen LogP contribution in [0.4, 0.5) is 0 Å². The van der Waals surface area contributed by atoms with Gasteiger partial charge in [-0.25, -0.2) is 0 Å². The highest BCUT2D eigenvalue weighted by Crippen LogP contribution is 2.30. The molecule has 0 aliphatic heterocycles. The van der Waals surface area contributed by atoms with Crippen LogP contribution in [0.15, 0.2) is 36.9 Å². The van der Waals surface area contributed by atoms with Crippen molar-refractivity contribution in [1.29, 1.82) is 0 Å². The highest BCUT2D eigenvalue weighted by molar-refractivity contribution is 5.26. The molecule has 1 N–H and O–H groups in total. The number of aliphatic hydroxyl groups is 1. The zero-order valence-corrected chi connectivity index (χ0v) is 15.9. The van der Waals surface area contributed by atoms with Gasteiger partial charge in [0, 0.05) is 0 Å². The van der Waals surface area contributed by atoms with Gasteiger partial charge < -0.3 is 14.6 Å². The van der Waals surface area contributed by atoms with E-state index in [0.29, 0.717) is 18.9 Å². The molecule has 1 rings (SSSR count). The summed E-state index contributed by atoms with van der Waals surface area (Å²) in [4.78, 5) is 0. The number of rotatable bonds is 10. The van der Waals surface area contributed by atoms with Crippen molar-refractivity contribution in [1.82, 2.24) is 0 Å². The van der Waals surface area contributed by atoms with Crippen molar-refractivity contribution in [3.63, 3.8) is 0 Å². The van der Waals surface area contributed by atoms with Crippen molar-refractivity contribution in [3.05, 3.63) is 42.5 Å². The van der Waals surface area contributed by atoms with Crippen LogP contribution in [0.2, 0.25) is 0 Å². The van der Waals surface area contributed by atoms with Crippen LogP contribution >= 0.6 is 0 Å². The minimum atomic E-state index is -0.306. The quantitative estimate of drug-likeness (QED) is 0.613. The Morgan fingerprint density at radius 3 is 2.29 bits per heavy atom. The first kappa shape index (κ1) is 20.7. The van der Waals surface area contributed by atoms with E-state index in [1.807, 2.05) is 24.3 Å². The first-order valence-corrected chi connectivity index (χ1v) is 8.79. The van der Waals surface area contributed by atoms with E-state index in [0.717, 1.165) is 24.2 Å². The molecule has 0 unspecified atom stereocenters. The maximum absolute atomic E-state index is 9.97. The molecule has 0 spiro atoms. The summed E-state index contributed by atoms with van der Waals surface area (Å²) in [6.45, 7) is 13.1. The van der Waals surface area contributed by atoms with E-state index in [1.54, 1.807) is 13.2 Å². The smallest absolute Gasteiger partial charge is 0.118 e. The first-order chi connectivity index (χ1) is 11.3. The van der Waals surface area contributed by atoms with Crippen molar-refractivity contribution >= 4 is 0 Å². The number of ether oxygens (including phenoxy) is 2. The predicted octanol–water partition coefficient (Wildman–Crippen LogP) is 4.98. The van der Waals surface area contributed by atoms with Gasteiger partial charge in [-0.05, 0) is 48.3 Å². The zero-order chi connectivity index (χ0) is 18.2. The minimum Gasteiger partial charge on any atom is -0.497 e. The molecule has 0 saturated carbocycles. The van der Waals surface area contributed by atoms with Crippen LogP contribution < -0.4 is 4.74 Å². The molecule has 136 valence electrons. The lowest BCUT2D eigenvalue weighted by Crippen LogP contribution is -2.31. The van der Waals surface area contributed by atoms with E-state index >= 15 is 0 Å². The fourth-order valence-electron chi connectivity index (χ4n) is 2.80. The lowest BCUT2D eigenvalue weighted by molar-refractivity contribution is -0.0438. The van der Waals surface area contributed by atoms with Gasteiger partial charge in [0.15, 0.2) is 0 Å². The number of hydrogen-bond donors (Lipinski definition) is 1. The van der Waals surface area contributed by atoms with Gasteiger partial charge in [0.25, 0.3) is 0 Å². The summed E-state index contributed by atoms with van der Waals surface area (Å²) >= 11 is 0. The standard InChI is InChI=1S/C21H34O3/c1-7-8-18(22)13-16(2)14-20(21(3,4)5)24-15-17-9-11-19(23-6)12-10-17/h7,9-12,16,18,20,22H,1,8,13-15H2,2-6H3/t16-,18+,20-/m0/s1. The molecule has 1 aromatic carbocycles. The van der Waals surface area contributed by atoms with E-state index in [9.17, 15) is 5.11 Å². The molecular weight excluding hydrogens is 300 g/mol. The van der Waals surface area contributed by atoms with Crippen LogP contribution in [0.1, 0.15) is 52.5 Å². The summed E-state index contributed by atoms with van der Waals surface area (Å²) in [6, 6.07) is 7.99. The molecule has 0 bridgehead atoms. The Kier molecular flexibility index (Phi) is 8.51. The third kappa shape index (κ3) is 7.50. The van der Waals surface area contributed by atoms with Crippen molar-refractivity contribution < 1.29 is 14.6 Å². The van der Waals surface area contributed by atoms with Crippen LogP contribution in [0.25, 0.3) is 0 Å². The molecular formula is C21H34O3. The predicted molar refractivity (Wildman–Crippen MR) is 100 cm³/mol. The molecule has 0 radical (unpaired) electrons. The lowest BCUT2D eigenvalue weighted by Gasteiger charge is -2.33. The minimum absolute atomic E-state index is 0.0596. The number of aliphatic hydroxyl groups excluding tert-OH is 1.